The van der Waals surface area contributed by atoms with Gasteiger partial charge < -0.3 is 9.84 Å². The molecule has 0 heterocycles. The summed E-state index contributed by atoms with van der Waals surface area (Å²) in [5.74, 6) is -1.78. The molecule has 0 aliphatic carbocycles. The number of carboxylic acid groups (broad SMARTS) is 1. The first-order chi connectivity index (χ1) is 5.56. The van der Waals surface area contributed by atoms with E-state index in [1.165, 1.54) is 0 Å². The Bertz CT molecular complexity index is 195. The average Bonchev–Trinajstić information content (AvgIpc) is 2.00. The predicted octanol–water partition coefficient (Wildman–Crippen LogP) is 0.969. The number of esters is 1. The van der Waals surface area contributed by atoms with Crippen LogP contribution in [-0.4, -0.2) is 23.1 Å². The van der Waals surface area contributed by atoms with Gasteiger partial charge in [0, 0.05) is 12.2 Å². The normalized spacial score (nSPS) is 12.8. The second-order valence-corrected chi connectivity index (χ2v) is 2.33. The lowest BCUT2D eigenvalue weighted by Crippen LogP contribution is -2.11. The van der Waals surface area contributed by atoms with Crippen LogP contribution in [0.1, 0.15) is 20.3 Å². The SMILES string of the molecule is CCC(C)OC(=O)/C=C\C(=O)O. The monoisotopic (exact) mass is 172 g/mol. The van der Waals surface area contributed by atoms with Gasteiger partial charge in [0.1, 0.15) is 0 Å². The van der Waals surface area contributed by atoms with Crippen LogP contribution in [0.15, 0.2) is 12.2 Å². The van der Waals surface area contributed by atoms with E-state index in [9.17, 15) is 9.59 Å². The van der Waals surface area contributed by atoms with Gasteiger partial charge in [0.05, 0.1) is 6.10 Å². The van der Waals surface area contributed by atoms with Crippen molar-refractivity contribution in [2.45, 2.75) is 26.4 Å². The van der Waals surface area contributed by atoms with Crippen LogP contribution in [-0.2, 0) is 14.3 Å². The second kappa shape index (κ2) is 5.35. The molecule has 0 rings (SSSR count). The Morgan fingerprint density at radius 3 is 2.50 bits per heavy atom. The van der Waals surface area contributed by atoms with Crippen molar-refractivity contribution in [2.24, 2.45) is 0 Å². The molecule has 0 aliphatic heterocycles. The minimum Gasteiger partial charge on any atom is -0.478 e. The van der Waals surface area contributed by atoms with E-state index < -0.39 is 11.9 Å². The van der Waals surface area contributed by atoms with E-state index in [0.717, 1.165) is 12.2 Å². The molecule has 0 aromatic rings. The van der Waals surface area contributed by atoms with Crippen LogP contribution >= 0.6 is 0 Å². The Labute approximate surface area is 70.8 Å². The molecule has 0 radical (unpaired) electrons. The highest BCUT2D eigenvalue weighted by Crippen LogP contribution is 1.96. The van der Waals surface area contributed by atoms with Gasteiger partial charge in [-0.15, -0.1) is 0 Å². The van der Waals surface area contributed by atoms with E-state index >= 15 is 0 Å². The van der Waals surface area contributed by atoms with E-state index in [1.807, 2.05) is 6.92 Å². The van der Waals surface area contributed by atoms with Gasteiger partial charge in [0.15, 0.2) is 0 Å². The molecule has 0 fully saturated rings. The van der Waals surface area contributed by atoms with Gasteiger partial charge in [0.2, 0.25) is 0 Å². The number of hydrogen-bond acceptors (Lipinski definition) is 3. The van der Waals surface area contributed by atoms with Crippen molar-refractivity contribution < 1.29 is 19.4 Å². The van der Waals surface area contributed by atoms with Crippen LogP contribution < -0.4 is 0 Å². The molecule has 4 heteroatoms. The molecule has 4 nitrogen and oxygen atoms in total. The lowest BCUT2D eigenvalue weighted by Gasteiger charge is -2.07. The van der Waals surface area contributed by atoms with Crippen molar-refractivity contribution in [1.82, 2.24) is 0 Å². The Morgan fingerprint density at radius 2 is 2.08 bits per heavy atom. The van der Waals surface area contributed by atoms with E-state index in [1.54, 1.807) is 6.92 Å². The highest BCUT2D eigenvalue weighted by molar-refractivity contribution is 5.90. The molecule has 0 saturated heterocycles. The molecular formula is C8H12O4. The molecule has 0 aromatic heterocycles. The lowest BCUT2D eigenvalue weighted by molar-refractivity contribution is -0.142. The molecule has 0 amide bonds. The van der Waals surface area contributed by atoms with Gasteiger partial charge >= 0.3 is 11.9 Å². The summed E-state index contributed by atoms with van der Waals surface area (Å²) in [5.41, 5.74) is 0. The van der Waals surface area contributed by atoms with Crippen LogP contribution in [0.3, 0.4) is 0 Å². The van der Waals surface area contributed by atoms with Gasteiger partial charge in [0.25, 0.3) is 0 Å². The van der Waals surface area contributed by atoms with Gasteiger partial charge in [-0.05, 0) is 13.3 Å². The molecule has 1 unspecified atom stereocenters. The van der Waals surface area contributed by atoms with Crippen molar-refractivity contribution in [2.75, 3.05) is 0 Å². The quantitative estimate of drug-likeness (QED) is 0.507. The lowest BCUT2D eigenvalue weighted by atomic mass is 10.3. The third-order valence-electron chi connectivity index (χ3n) is 1.25. The fourth-order valence-electron chi connectivity index (χ4n) is 0.460. The molecule has 0 spiro atoms. The Balaban J connectivity index is 3.81. The van der Waals surface area contributed by atoms with Crippen molar-refractivity contribution in [3.05, 3.63) is 12.2 Å². The van der Waals surface area contributed by atoms with Crippen LogP contribution in [0.25, 0.3) is 0 Å². The fourth-order valence-corrected chi connectivity index (χ4v) is 0.460. The summed E-state index contributed by atoms with van der Waals surface area (Å²) in [7, 11) is 0. The topological polar surface area (TPSA) is 63.6 Å². The number of aliphatic carboxylic acids is 1. The van der Waals surface area contributed by atoms with Crippen molar-refractivity contribution in [3.63, 3.8) is 0 Å². The van der Waals surface area contributed by atoms with Crippen LogP contribution in [0.2, 0.25) is 0 Å². The van der Waals surface area contributed by atoms with Crippen LogP contribution in [0.5, 0.6) is 0 Å². The molecule has 0 saturated carbocycles. The zero-order valence-electron chi connectivity index (χ0n) is 7.11. The van der Waals surface area contributed by atoms with Gasteiger partial charge in [-0.2, -0.15) is 0 Å². The Kier molecular flexibility index (Phi) is 4.76. The molecule has 68 valence electrons. The summed E-state index contributed by atoms with van der Waals surface area (Å²) in [4.78, 5) is 20.7. The molecule has 12 heavy (non-hydrogen) atoms. The summed E-state index contributed by atoms with van der Waals surface area (Å²) in [5, 5.41) is 8.16. The van der Waals surface area contributed by atoms with Gasteiger partial charge in [-0.3, -0.25) is 0 Å². The van der Waals surface area contributed by atoms with E-state index in [-0.39, 0.29) is 6.10 Å². The maximum Gasteiger partial charge on any atom is 0.331 e. The maximum absolute atomic E-state index is 10.7. The molecule has 1 N–H and O–H groups in total. The molecular weight excluding hydrogens is 160 g/mol. The van der Waals surface area contributed by atoms with Crippen LogP contribution in [0, 0.1) is 0 Å². The fraction of sp³-hybridized carbons (Fsp3) is 0.500. The molecule has 1 atom stereocenters. The number of hydrogen-bond donors (Lipinski definition) is 1. The number of carboxylic acids is 1. The number of ether oxygens (including phenoxy) is 1. The first kappa shape index (κ1) is 10.7. The summed E-state index contributed by atoms with van der Waals surface area (Å²) in [6.07, 6.45) is 2.20. The number of carbonyl (C=O) groups is 2. The maximum atomic E-state index is 10.7. The zero-order valence-corrected chi connectivity index (χ0v) is 7.11. The zero-order chi connectivity index (χ0) is 9.56. The Morgan fingerprint density at radius 1 is 1.50 bits per heavy atom. The second-order valence-electron chi connectivity index (χ2n) is 2.33. The number of carbonyl (C=O) groups excluding carboxylic acids is 1. The van der Waals surface area contributed by atoms with Crippen LogP contribution in [0.4, 0.5) is 0 Å². The summed E-state index contributed by atoms with van der Waals surface area (Å²) >= 11 is 0. The van der Waals surface area contributed by atoms with Gasteiger partial charge in [-0.25, -0.2) is 9.59 Å². The summed E-state index contributed by atoms with van der Waals surface area (Å²) in [6.45, 7) is 3.62. The highest BCUT2D eigenvalue weighted by Gasteiger charge is 2.03. The van der Waals surface area contributed by atoms with E-state index in [2.05, 4.69) is 0 Å². The first-order valence-electron chi connectivity index (χ1n) is 3.68. The Hall–Kier alpha value is -1.32. The summed E-state index contributed by atoms with van der Waals surface area (Å²) < 4.78 is 4.76. The average molecular weight is 172 g/mol. The molecule has 0 bridgehead atoms. The third-order valence-corrected chi connectivity index (χ3v) is 1.25. The third kappa shape index (κ3) is 5.46. The minimum atomic E-state index is -1.16. The smallest absolute Gasteiger partial charge is 0.331 e. The van der Waals surface area contributed by atoms with Crippen molar-refractivity contribution in [1.29, 1.82) is 0 Å². The highest BCUT2D eigenvalue weighted by atomic mass is 16.5. The van der Waals surface area contributed by atoms with E-state index in [4.69, 9.17) is 9.84 Å². The minimum absolute atomic E-state index is 0.170. The van der Waals surface area contributed by atoms with Gasteiger partial charge in [-0.1, -0.05) is 6.92 Å². The summed E-state index contributed by atoms with van der Waals surface area (Å²) in [6, 6.07) is 0. The standard InChI is InChI=1S/C8H12O4/c1-3-6(2)12-8(11)5-4-7(9)10/h4-6H,3H2,1-2H3,(H,9,10)/b5-4-. The van der Waals surface area contributed by atoms with E-state index in [0.29, 0.717) is 6.42 Å². The molecule has 0 aromatic carbocycles. The predicted molar refractivity (Wildman–Crippen MR) is 42.6 cm³/mol. The number of rotatable bonds is 4. The van der Waals surface area contributed by atoms with Crippen molar-refractivity contribution in [3.8, 4) is 0 Å². The largest absolute Gasteiger partial charge is 0.478 e. The first-order valence-corrected chi connectivity index (χ1v) is 3.68. The molecule has 0 aliphatic rings. The van der Waals surface area contributed by atoms with Crippen molar-refractivity contribution >= 4 is 11.9 Å².